The van der Waals surface area contributed by atoms with Gasteiger partial charge in [-0.2, -0.15) is 0 Å². The fourth-order valence-electron chi connectivity index (χ4n) is 1.46. The maximum Gasteiger partial charge on any atom is 0.276 e. The van der Waals surface area contributed by atoms with Gasteiger partial charge in [0.25, 0.3) is 6.34 Å². The van der Waals surface area contributed by atoms with Crippen molar-refractivity contribution in [2.24, 2.45) is 0 Å². The Kier molecular flexibility index (Phi) is 3.18. The summed E-state index contributed by atoms with van der Waals surface area (Å²) in [4.78, 5) is 0. The maximum absolute atomic E-state index is 7.11. The number of rotatable bonds is 2. The van der Waals surface area contributed by atoms with E-state index in [-0.39, 0.29) is 0 Å². The highest BCUT2D eigenvalue weighted by molar-refractivity contribution is 5.80. The molecule has 1 rings (SSSR count). The van der Waals surface area contributed by atoms with Crippen molar-refractivity contribution >= 4 is 12.6 Å². The van der Waals surface area contributed by atoms with Gasteiger partial charge in [0.2, 0.25) is 0 Å². The lowest BCUT2D eigenvalue weighted by atomic mass is 10.0. The lowest BCUT2D eigenvalue weighted by Crippen LogP contribution is -2.06. The average molecular weight is 189 g/mol. The second-order valence-electron chi connectivity index (χ2n) is 3.72. The Hall–Kier alpha value is -1.44. The molecular weight excluding hydrogens is 172 g/mol. The van der Waals surface area contributed by atoms with Crippen molar-refractivity contribution in [2.75, 3.05) is 7.05 Å². The fourth-order valence-corrected chi connectivity index (χ4v) is 1.46. The summed E-state index contributed by atoms with van der Waals surface area (Å²) in [5, 5.41) is 7.11. The largest absolute Gasteiger partial charge is 0.276 e. The predicted molar refractivity (Wildman–Crippen MR) is 60.8 cm³/mol. The third-order valence-corrected chi connectivity index (χ3v) is 2.40. The van der Waals surface area contributed by atoms with Crippen LogP contribution in [-0.4, -0.2) is 24.2 Å². The summed E-state index contributed by atoms with van der Waals surface area (Å²) in [6.45, 7) is 6.32. The first-order chi connectivity index (χ1) is 6.54. The summed E-state index contributed by atoms with van der Waals surface area (Å²) in [5.74, 6) is 0. The van der Waals surface area contributed by atoms with Crippen molar-refractivity contribution < 1.29 is 4.58 Å². The molecule has 0 aliphatic heterocycles. The Morgan fingerprint density at radius 3 is 2.43 bits per heavy atom. The fraction of sp³-hybridized carbons (Fsp3) is 0.333. The Morgan fingerprint density at radius 2 is 1.86 bits per heavy atom. The molecule has 0 aliphatic carbocycles. The van der Waals surface area contributed by atoms with Crippen molar-refractivity contribution in [3.8, 4) is 0 Å². The molecule has 1 aromatic carbocycles. The highest BCUT2D eigenvalue weighted by atomic mass is 15.0. The van der Waals surface area contributed by atoms with Gasteiger partial charge < -0.3 is 0 Å². The van der Waals surface area contributed by atoms with E-state index in [0.717, 1.165) is 0 Å². The minimum Gasteiger partial charge on any atom is -0.240 e. The monoisotopic (exact) mass is 189 g/mol. The van der Waals surface area contributed by atoms with Crippen LogP contribution in [0.5, 0.6) is 0 Å². The maximum atomic E-state index is 7.11. The Morgan fingerprint density at radius 1 is 1.21 bits per heavy atom. The summed E-state index contributed by atoms with van der Waals surface area (Å²) in [6, 6.07) is 4.32. The average Bonchev–Trinajstić information content (AvgIpc) is 2.13. The highest BCUT2D eigenvalue weighted by Gasteiger charge is 2.01. The van der Waals surface area contributed by atoms with E-state index in [1.54, 1.807) is 4.58 Å². The van der Waals surface area contributed by atoms with Gasteiger partial charge in [-0.25, -0.2) is 4.58 Å². The van der Waals surface area contributed by atoms with E-state index in [2.05, 4.69) is 32.9 Å². The van der Waals surface area contributed by atoms with Gasteiger partial charge in [-0.05, 0) is 38.0 Å². The van der Waals surface area contributed by atoms with Crippen LogP contribution < -0.4 is 0 Å². The summed E-state index contributed by atoms with van der Waals surface area (Å²) >= 11 is 0. The first-order valence-electron chi connectivity index (χ1n) is 4.70. The van der Waals surface area contributed by atoms with Gasteiger partial charge in [-0.3, -0.25) is 0 Å². The minimum atomic E-state index is 1.19. The van der Waals surface area contributed by atoms with E-state index in [0.29, 0.717) is 0 Å². The molecule has 0 fully saturated rings. The molecule has 74 valence electrons. The van der Waals surface area contributed by atoms with Gasteiger partial charge >= 0.3 is 0 Å². The molecule has 0 spiro atoms. The van der Waals surface area contributed by atoms with E-state index in [4.69, 9.17) is 5.41 Å². The Labute approximate surface area is 85.4 Å². The van der Waals surface area contributed by atoms with Crippen LogP contribution >= 0.6 is 0 Å². The molecule has 1 N–H and O–H groups in total. The van der Waals surface area contributed by atoms with Gasteiger partial charge in [-0.1, -0.05) is 11.6 Å². The highest BCUT2D eigenvalue weighted by Crippen LogP contribution is 2.13. The van der Waals surface area contributed by atoms with Crippen LogP contribution in [0.1, 0.15) is 22.3 Å². The SMILES string of the molecule is Cc1cc(C)c(C)c(C=[N+](C)C=N)c1. The minimum absolute atomic E-state index is 1.19. The van der Waals surface area contributed by atoms with Gasteiger partial charge in [-0.15, -0.1) is 5.41 Å². The van der Waals surface area contributed by atoms with Crippen molar-refractivity contribution in [3.63, 3.8) is 0 Å². The number of aryl methyl sites for hydroxylation is 2. The van der Waals surface area contributed by atoms with E-state index < -0.39 is 0 Å². The molecule has 0 saturated heterocycles. The molecule has 0 atom stereocenters. The normalized spacial score (nSPS) is 11.6. The van der Waals surface area contributed by atoms with Crippen LogP contribution in [0.4, 0.5) is 0 Å². The smallest absolute Gasteiger partial charge is 0.240 e. The standard InChI is InChI=1S/C12H17N2/c1-9-5-10(2)11(3)12(6-9)7-14(4)8-13/h5-8,13H,1-4H3/q+1. The zero-order chi connectivity index (χ0) is 10.7. The molecule has 2 nitrogen and oxygen atoms in total. The number of hydrogen-bond acceptors (Lipinski definition) is 1. The second-order valence-corrected chi connectivity index (χ2v) is 3.72. The summed E-state index contributed by atoms with van der Waals surface area (Å²) in [5.41, 5.74) is 5.03. The molecular formula is C12H17N2+. The molecule has 0 aromatic heterocycles. The van der Waals surface area contributed by atoms with E-state index in [1.807, 2.05) is 13.3 Å². The molecule has 2 heteroatoms. The topological polar surface area (TPSA) is 26.9 Å². The van der Waals surface area contributed by atoms with Crippen LogP contribution in [0.3, 0.4) is 0 Å². The molecule has 0 aliphatic rings. The van der Waals surface area contributed by atoms with Crippen LogP contribution in [0.25, 0.3) is 0 Å². The summed E-state index contributed by atoms with van der Waals surface area (Å²) in [7, 11) is 1.87. The number of nitrogens with one attached hydrogen (secondary N) is 1. The van der Waals surface area contributed by atoms with Crippen LogP contribution in [-0.2, 0) is 0 Å². The van der Waals surface area contributed by atoms with E-state index >= 15 is 0 Å². The Bertz CT molecular complexity index is 390. The van der Waals surface area contributed by atoms with Crippen LogP contribution in [0, 0.1) is 26.2 Å². The molecule has 0 heterocycles. The molecule has 14 heavy (non-hydrogen) atoms. The lowest BCUT2D eigenvalue weighted by Gasteiger charge is -2.05. The molecule has 0 bridgehead atoms. The molecule has 0 unspecified atom stereocenters. The zero-order valence-corrected chi connectivity index (χ0v) is 9.26. The third-order valence-electron chi connectivity index (χ3n) is 2.40. The second kappa shape index (κ2) is 4.18. The summed E-state index contributed by atoms with van der Waals surface area (Å²) < 4.78 is 1.75. The summed E-state index contributed by atoms with van der Waals surface area (Å²) in [6.07, 6.45) is 3.28. The quantitative estimate of drug-likeness (QED) is 0.420. The van der Waals surface area contributed by atoms with Crippen molar-refractivity contribution in [3.05, 3.63) is 34.4 Å². The molecule has 0 amide bonds. The predicted octanol–water partition coefficient (Wildman–Crippen LogP) is 2.28. The molecule has 1 aromatic rings. The van der Waals surface area contributed by atoms with Crippen molar-refractivity contribution in [2.45, 2.75) is 20.8 Å². The van der Waals surface area contributed by atoms with Gasteiger partial charge in [0.15, 0.2) is 0 Å². The first kappa shape index (κ1) is 10.6. The van der Waals surface area contributed by atoms with E-state index in [9.17, 15) is 0 Å². The number of benzene rings is 1. The van der Waals surface area contributed by atoms with Crippen LogP contribution in [0.2, 0.25) is 0 Å². The van der Waals surface area contributed by atoms with Crippen molar-refractivity contribution in [1.82, 2.24) is 0 Å². The number of nitrogens with zero attached hydrogens (tertiary/aromatic N) is 1. The lowest BCUT2D eigenvalue weighted by molar-refractivity contribution is -0.355. The first-order valence-corrected chi connectivity index (χ1v) is 4.70. The van der Waals surface area contributed by atoms with Gasteiger partial charge in [0.1, 0.15) is 0 Å². The zero-order valence-electron chi connectivity index (χ0n) is 9.26. The van der Waals surface area contributed by atoms with Gasteiger partial charge in [0, 0.05) is 5.56 Å². The third kappa shape index (κ3) is 2.28. The van der Waals surface area contributed by atoms with E-state index in [1.165, 1.54) is 28.6 Å². The molecule has 0 radical (unpaired) electrons. The Balaban J connectivity index is 3.27. The van der Waals surface area contributed by atoms with Crippen molar-refractivity contribution in [1.29, 1.82) is 5.41 Å². The molecule has 0 saturated carbocycles. The number of hydrogen-bond donors (Lipinski definition) is 1. The van der Waals surface area contributed by atoms with Gasteiger partial charge in [0.05, 0.1) is 13.3 Å². The van der Waals surface area contributed by atoms with Crippen LogP contribution in [0.15, 0.2) is 12.1 Å².